The Morgan fingerprint density at radius 3 is 2.22 bits per heavy atom. The lowest BCUT2D eigenvalue weighted by Gasteiger charge is -2.25. The van der Waals surface area contributed by atoms with Crippen LogP contribution in [0.3, 0.4) is 0 Å². The van der Waals surface area contributed by atoms with Crippen LogP contribution in [0.4, 0.5) is 0 Å². The Kier molecular flexibility index (Phi) is 5.69. The van der Waals surface area contributed by atoms with Gasteiger partial charge in [-0.25, -0.2) is 9.67 Å². The zero-order valence-electron chi connectivity index (χ0n) is 19.8. The number of phenols is 1. The number of aromatic hydroxyl groups is 1. The normalized spacial score (nSPS) is 20.8. The van der Waals surface area contributed by atoms with E-state index >= 15 is 0 Å². The molecule has 6 rings (SSSR count). The fourth-order valence-electron chi connectivity index (χ4n) is 4.96. The Bertz CT molecular complexity index is 1550. The molecule has 3 atom stereocenters. The number of hydrogen-bond acceptors (Lipinski definition) is 8. The zero-order chi connectivity index (χ0) is 25.6. The number of methoxy groups -OCH3 is 1. The summed E-state index contributed by atoms with van der Waals surface area (Å²) in [5, 5.41) is 13.1. The summed E-state index contributed by atoms with van der Waals surface area (Å²) in [6.45, 7) is 0. The van der Waals surface area contributed by atoms with E-state index in [9.17, 15) is 13.5 Å². The summed E-state index contributed by atoms with van der Waals surface area (Å²) in [4.78, 5) is 3.98. The SMILES string of the molecule is COc1ccc(OS(=O)(=O)C2C[C@H]3O[C@@H]2C(c2ccc(-n4cncn4)cc2)=C3c2ccc(O)cc2)cc1. The van der Waals surface area contributed by atoms with E-state index in [4.69, 9.17) is 13.7 Å². The molecule has 4 aromatic rings. The van der Waals surface area contributed by atoms with Crippen molar-refractivity contribution in [1.82, 2.24) is 14.8 Å². The summed E-state index contributed by atoms with van der Waals surface area (Å²) in [5.41, 5.74) is 4.23. The highest BCUT2D eigenvalue weighted by Crippen LogP contribution is 2.51. The maximum absolute atomic E-state index is 13.4. The molecule has 188 valence electrons. The van der Waals surface area contributed by atoms with Crippen LogP contribution in [-0.2, 0) is 14.9 Å². The van der Waals surface area contributed by atoms with E-state index in [1.165, 1.54) is 13.4 Å². The summed E-state index contributed by atoms with van der Waals surface area (Å²) in [7, 11) is -2.48. The van der Waals surface area contributed by atoms with Crippen LogP contribution >= 0.6 is 0 Å². The lowest BCUT2D eigenvalue weighted by Crippen LogP contribution is -2.35. The third-order valence-electron chi connectivity index (χ3n) is 6.67. The highest BCUT2D eigenvalue weighted by molar-refractivity contribution is 7.87. The predicted molar refractivity (Wildman–Crippen MR) is 136 cm³/mol. The molecule has 0 saturated carbocycles. The molecule has 37 heavy (non-hydrogen) atoms. The molecule has 1 aromatic heterocycles. The number of nitrogens with zero attached hydrogens (tertiary/aromatic N) is 3. The average Bonchev–Trinajstić information content (AvgIpc) is 3.67. The van der Waals surface area contributed by atoms with E-state index in [0.717, 1.165) is 28.0 Å². The van der Waals surface area contributed by atoms with Gasteiger partial charge in [0.2, 0.25) is 0 Å². The van der Waals surface area contributed by atoms with E-state index in [1.807, 2.05) is 36.4 Å². The average molecular weight is 518 g/mol. The summed E-state index contributed by atoms with van der Waals surface area (Å²) in [6.07, 6.45) is 2.19. The number of benzene rings is 3. The Hall–Kier alpha value is -4.15. The van der Waals surface area contributed by atoms with Crippen molar-refractivity contribution in [1.29, 1.82) is 0 Å². The molecule has 1 N–H and O–H groups in total. The molecule has 2 aliphatic heterocycles. The maximum Gasteiger partial charge on any atom is 0.315 e. The highest BCUT2D eigenvalue weighted by Gasteiger charge is 2.53. The van der Waals surface area contributed by atoms with E-state index < -0.39 is 27.6 Å². The molecule has 1 unspecified atom stereocenters. The van der Waals surface area contributed by atoms with Crippen molar-refractivity contribution in [3.63, 3.8) is 0 Å². The highest BCUT2D eigenvalue weighted by atomic mass is 32.2. The second-order valence-corrected chi connectivity index (χ2v) is 10.6. The van der Waals surface area contributed by atoms with Gasteiger partial charge in [0.1, 0.15) is 41.3 Å². The van der Waals surface area contributed by atoms with Crippen molar-refractivity contribution in [2.45, 2.75) is 23.9 Å². The van der Waals surface area contributed by atoms with Crippen LogP contribution in [0.15, 0.2) is 85.5 Å². The molecule has 0 aliphatic carbocycles. The van der Waals surface area contributed by atoms with Gasteiger partial charge in [0.15, 0.2) is 0 Å². The standard InChI is InChI=1S/C27H23N3O6S/c1-34-21-10-12-22(13-11-21)36-37(32,33)24-14-23-25(17-4-8-20(31)9-5-17)26(27(24)35-23)18-2-6-19(7-3-18)30-16-28-15-29-30/h2-13,15-16,23-24,27,31H,14H2,1H3/t23-,24?,27+/m1/s1. The van der Waals surface area contributed by atoms with Gasteiger partial charge in [-0.1, -0.05) is 24.3 Å². The maximum atomic E-state index is 13.4. The van der Waals surface area contributed by atoms with Gasteiger partial charge < -0.3 is 18.8 Å². The van der Waals surface area contributed by atoms with Crippen molar-refractivity contribution in [3.05, 3.63) is 96.6 Å². The Morgan fingerprint density at radius 2 is 1.57 bits per heavy atom. The monoisotopic (exact) mass is 517 g/mol. The minimum absolute atomic E-state index is 0.153. The van der Waals surface area contributed by atoms with Crippen molar-refractivity contribution >= 4 is 21.3 Å². The van der Waals surface area contributed by atoms with Gasteiger partial charge in [-0.05, 0) is 70.8 Å². The van der Waals surface area contributed by atoms with Crippen LogP contribution in [0.2, 0.25) is 0 Å². The number of fused-ring (bicyclic) bond motifs is 2. The summed E-state index contributed by atoms with van der Waals surface area (Å²) >= 11 is 0. The van der Waals surface area contributed by atoms with E-state index in [0.29, 0.717) is 5.75 Å². The molecule has 0 radical (unpaired) electrons. The van der Waals surface area contributed by atoms with Crippen LogP contribution in [0.5, 0.6) is 17.2 Å². The Balaban J connectivity index is 1.38. The number of aromatic nitrogens is 3. The first-order chi connectivity index (χ1) is 17.9. The number of hydrogen-bond donors (Lipinski definition) is 1. The van der Waals surface area contributed by atoms with E-state index in [2.05, 4.69) is 10.1 Å². The predicted octanol–water partition coefficient (Wildman–Crippen LogP) is 3.84. The van der Waals surface area contributed by atoms with Crippen LogP contribution in [0, 0.1) is 0 Å². The third-order valence-corrected chi connectivity index (χ3v) is 8.28. The zero-order valence-corrected chi connectivity index (χ0v) is 20.6. The number of rotatable bonds is 7. The lowest BCUT2D eigenvalue weighted by atomic mass is 9.83. The van der Waals surface area contributed by atoms with Gasteiger partial charge in [-0.15, -0.1) is 0 Å². The quantitative estimate of drug-likeness (QED) is 0.368. The molecule has 2 bridgehead atoms. The fraction of sp³-hybridized carbons (Fsp3) is 0.185. The minimum Gasteiger partial charge on any atom is -0.508 e. The Morgan fingerprint density at radius 1 is 0.919 bits per heavy atom. The largest absolute Gasteiger partial charge is 0.508 e. The molecule has 1 fully saturated rings. The van der Waals surface area contributed by atoms with Gasteiger partial charge >= 0.3 is 10.1 Å². The topological polar surface area (TPSA) is 113 Å². The molecular formula is C27H23N3O6S. The van der Waals surface area contributed by atoms with Gasteiger partial charge in [-0.2, -0.15) is 13.5 Å². The number of phenolic OH excluding ortho intramolecular Hbond substituents is 1. The van der Waals surface area contributed by atoms with E-state index in [-0.39, 0.29) is 17.9 Å². The first kappa shape index (κ1) is 23.3. The molecule has 9 nitrogen and oxygen atoms in total. The fourth-order valence-corrected chi connectivity index (χ4v) is 6.37. The van der Waals surface area contributed by atoms with Gasteiger partial charge in [0.25, 0.3) is 0 Å². The smallest absolute Gasteiger partial charge is 0.315 e. The molecular weight excluding hydrogens is 494 g/mol. The van der Waals surface area contributed by atoms with E-state index in [1.54, 1.807) is 47.4 Å². The molecule has 0 amide bonds. The van der Waals surface area contributed by atoms with Crippen LogP contribution in [0.1, 0.15) is 17.5 Å². The Labute approximate surface area is 213 Å². The molecule has 1 saturated heterocycles. The number of ether oxygens (including phenoxy) is 2. The van der Waals surface area contributed by atoms with Crippen LogP contribution < -0.4 is 8.92 Å². The first-order valence-corrected chi connectivity index (χ1v) is 13.1. The summed E-state index contributed by atoms with van der Waals surface area (Å²) in [5.74, 6) is 0.969. The summed E-state index contributed by atoms with van der Waals surface area (Å²) < 4.78 is 45.4. The van der Waals surface area contributed by atoms with Crippen molar-refractivity contribution < 1.29 is 27.2 Å². The molecule has 10 heteroatoms. The second kappa shape index (κ2) is 9.06. The molecule has 3 aromatic carbocycles. The van der Waals surface area contributed by atoms with Gasteiger partial charge in [0.05, 0.1) is 18.9 Å². The first-order valence-electron chi connectivity index (χ1n) is 11.6. The molecule has 2 aliphatic rings. The molecule has 3 heterocycles. The summed E-state index contributed by atoms with van der Waals surface area (Å²) in [6, 6.07) is 20.9. The van der Waals surface area contributed by atoms with Crippen LogP contribution in [0.25, 0.3) is 16.8 Å². The third kappa shape index (κ3) is 4.24. The van der Waals surface area contributed by atoms with Crippen molar-refractivity contribution in [2.75, 3.05) is 7.11 Å². The van der Waals surface area contributed by atoms with Crippen molar-refractivity contribution in [3.8, 4) is 22.9 Å². The van der Waals surface area contributed by atoms with Crippen molar-refractivity contribution in [2.24, 2.45) is 0 Å². The van der Waals surface area contributed by atoms with Gasteiger partial charge in [-0.3, -0.25) is 0 Å². The van der Waals surface area contributed by atoms with Crippen LogP contribution in [-0.4, -0.2) is 52.9 Å². The minimum atomic E-state index is -4.02. The lowest BCUT2D eigenvalue weighted by molar-refractivity contribution is 0.128. The second-order valence-electron chi connectivity index (χ2n) is 8.83. The van der Waals surface area contributed by atoms with Gasteiger partial charge in [0, 0.05) is 6.42 Å². The molecule has 0 spiro atoms.